The summed E-state index contributed by atoms with van der Waals surface area (Å²) in [5, 5.41) is 5.66. The standard InChI is InChI=1S/C23H23N3O3/c1-4-29-21-8-6-5-7-19(21)26-23(28)20-14-17(11-12-24-20)22(27)25-18-10-9-15(2)13-16(18)3/h5-14H,4H2,1-3H3,(H,25,27)(H,26,28). The maximum Gasteiger partial charge on any atom is 0.274 e. The van der Waals surface area contributed by atoms with Crippen LogP contribution in [0.5, 0.6) is 5.75 Å². The topological polar surface area (TPSA) is 80.3 Å². The van der Waals surface area contributed by atoms with Crippen LogP contribution in [0.4, 0.5) is 11.4 Å². The van der Waals surface area contributed by atoms with Crippen LogP contribution in [0.3, 0.4) is 0 Å². The zero-order valence-corrected chi connectivity index (χ0v) is 16.7. The van der Waals surface area contributed by atoms with Gasteiger partial charge in [-0.25, -0.2) is 0 Å². The van der Waals surface area contributed by atoms with E-state index in [0.29, 0.717) is 23.6 Å². The SMILES string of the molecule is CCOc1ccccc1NC(=O)c1cc(C(=O)Nc2ccc(C)cc2C)ccn1. The number of hydrogen-bond acceptors (Lipinski definition) is 4. The number of carbonyl (C=O) groups is 2. The minimum atomic E-state index is -0.418. The summed E-state index contributed by atoms with van der Waals surface area (Å²) < 4.78 is 5.52. The molecule has 6 nitrogen and oxygen atoms in total. The van der Waals surface area contributed by atoms with E-state index in [0.717, 1.165) is 16.8 Å². The van der Waals surface area contributed by atoms with E-state index in [1.54, 1.807) is 24.3 Å². The molecule has 148 valence electrons. The van der Waals surface area contributed by atoms with Crippen LogP contribution in [-0.4, -0.2) is 23.4 Å². The average molecular weight is 389 g/mol. The number of rotatable bonds is 6. The molecule has 0 aliphatic heterocycles. The number of pyridine rings is 1. The maximum atomic E-state index is 12.6. The van der Waals surface area contributed by atoms with Gasteiger partial charge in [0.1, 0.15) is 11.4 Å². The fraction of sp³-hybridized carbons (Fsp3) is 0.174. The zero-order chi connectivity index (χ0) is 20.8. The van der Waals surface area contributed by atoms with Gasteiger partial charge < -0.3 is 15.4 Å². The van der Waals surface area contributed by atoms with Crippen molar-refractivity contribution in [1.82, 2.24) is 4.98 Å². The first-order chi connectivity index (χ1) is 14.0. The summed E-state index contributed by atoms with van der Waals surface area (Å²) in [6.07, 6.45) is 1.44. The minimum Gasteiger partial charge on any atom is -0.492 e. The molecule has 2 amide bonds. The molecule has 2 aromatic carbocycles. The molecular weight excluding hydrogens is 366 g/mol. The maximum absolute atomic E-state index is 12.6. The molecule has 2 N–H and O–H groups in total. The number of nitrogens with one attached hydrogen (secondary N) is 2. The number of hydrogen-bond donors (Lipinski definition) is 2. The second-order valence-electron chi connectivity index (χ2n) is 6.59. The van der Waals surface area contributed by atoms with Gasteiger partial charge >= 0.3 is 0 Å². The average Bonchev–Trinajstić information content (AvgIpc) is 2.71. The lowest BCUT2D eigenvalue weighted by atomic mass is 10.1. The summed E-state index contributed by atoms with van der Waals surface area (Å²) in [6, 6.07) is 16.0. The molecule has 0 spiro atoms. The van der Waals surface area contributed by atoms with Crippen LogP contribution in [0.2, 0.25) is 0 Å². The highest BCUT2D eigenvalue weighted by atomic mass is 16.5. The minimum absolute atomic E-state index is 0.143. The van der Waals surface area contributed by atoms with Gasteiger partial charge in [0.2, 0.25) is 0 Å². The van der Waals surface area contributed by atoms with Crippen LogP contribution in [0.1, 0.15) is 38.9 Å². The van der Waals surface area contributed by atoms with Gasteiger partial charge in [0.25, 0.3) is 11.8 Å². The summed E-state index contributed by atoms with van der Waals surface area (Å²) in [5.41, 5.74) is 3.86. The first kappa shape index (κ1) is 20.1. The lowest BCUT2D eigenvalue weighted by molar-refractivity contribution is 0.102. The number of carbonyl (C=O) groups excluding carboxylic acids is 2. The van der Waals surface area contributed by atoms with E-state index in [1.165, 1.54) is 12.3 Å². The van der Waals surface area contributed by atoms with E-state index in [4.69, 9.17) is 4.74 Å². The Balaban J connectivity index is 1.76. The van der Waals surface area contributed by atoms with Crippen molar-refractivity contribution in [3.63, 3.8) is 0 Å². The Morgan fingerprint density at radius 3 is 2.45 bits per heavy atom. The molecule has 0 atom stereocenters. The number of ether oxygens (including phenoxy) is 1. The van der Waals surface area contributed by atoms with Crippen molar-refractivity contribution in [2.24, 2.45) is 0 Å². The third-order valence-corrected chi connectivity index (χ3v) is 4.32. The van der Waals surface area contributed by atoms with Gasteiger partial charge in [-0.1, -0.05) is 29.8 Å². The molecule has 0 fully saturated rings. The lowest BCUT2D eigenvalue weighted by Crippen LogP contribution is -2.17. The van der Waals surface area contributed by atoms with Crippen molar-refractivity contribution in [3.05, 3.63) is 83.2 Å². The van der Waals surface area contributed by atoms with E-state index in [-0.39, 0.29) is 11.6 Å². The van der Waals surface area contributed by atoms with Crippen LogP contribution < -0.4 is 15.4 Å². The fourth-order valence-electron chi connectivity index (χ4n) is 2.88. The van der Waals surface area contributed by atoms with Gasteiger partial charge in [-0.3, -0.25) is 14.6 Å². The molecule has 0 aliphatic carbocycles. The number of anilines is 2. The second-order valence-corrected chi connectivity index (χ2v) is 6.59. The van der Waals surface area contributed by atoms with Gasteiger partial charge in [-0.2, -0.15) is 0 Å². The Kier molecular flexibility index (Phi) is 6.24. The van der Waals surface area contributed by atoms with Crippen molar-refractivity contribution in [1.29, 1.82) is 0 Å². The molecule has 0 unspecified atom stereocenters. The molecule has 29 heavy (non-hydrogen) atoms. The number of benzene rings is 2. The van der Waals surface area contributed by atoms with Crippen molar-refractivity contribution in [2.75, 3.05) is 17.2 Å². The van der Waals surface area contributed by atoms with Gasteiger partial charge in [-0.15, -0.1) is 0 Å². The molecule has 1 aromatic heterocycles. The van der Waals surface area contributed by atoms with Crippen LogP contribution in [-0.2, 0) is 0 Å². The first-order valence-electron chi connectivity index (χ1n) is 9.35. The van der Waals surface area contributed by atoms with E-state index < -0.39 is 5.91 Å². The zero-order valence-electron chi connectivity index (χ0n) is 16.7. The van der Waals surface area contributed by atoms with E-state index in [2.05, 4.69) is 15.6 Å². The second kappa shape index (κ2) is 9.01. The monoisotopic (exact) mass is 389 g/mol. The van der Waals surface area contributed by atoms with Crippen molar-refractivity contribution in [2.45, 2.75) is 20.8 Å². The predicted molar refractivity (Wildman–Crippen MR) is 114 cm³/mol. The molecule has 0 saturated carbocycles. The summed E-state index contributed by atoms with van der Waals surface area (Å²) in [4.78, 5) is 29.4. The summed E-state index contributed by atoms with van der Waals surface area (Å²) in [7, 11) is 0. The Bertz CT molecular complexity index is 1050. The summed E-state index contributed by atoms with van der Waals surface area (Å²) in [6.45, 7) is 6.29. The van der Waals surface area contributed by atoms with Crippen molar-refractivity contribution < 1.29 is 14.3 Å². The van der Waals surface area contributed by atoms with Crippen molar-refractivity contribution >= 4 is 23.2 Å². The summed E-state index contributed by atoms with van der Waals surface area (Å²) >= 11 is 0. The Hall–Kier alpha value is -3.67. The molecule has 3 aromatic rings. The molecule has 0 bridgehead atoms. The Morgan fingerprint density at radius 2 is 1.69 bits per heavy atom. The van der Waals surface area contributed by atoms with Gasteiger partial charge in [0, 0.05) is 17.4 Å². The van der Waals surface area contributed by atoms with E-state index in [9.17, 15) is 9.59 Å². The summed E-state index contributed by atoms with van der Waals surface area (Å²) in [5.74, 6) is -0.145. The predicted octanol–water partition coefficient (Wildman–Crippen LogP) is 4.60. The van der Waals surface area contributed by atoms with E-state index in [1.807, 2.05) is 45.0 Å². The third kappa shape index (κ3) is 4.99. The number of aromatic nitrogens is 1. The smallest absolute Gasteiger partial charge is 0.274 e. The normalized spacial score (nSPS) is 10.3. The molecule has 6 heteroatoms. The van der Waals surface area contributed by atoms with Crippen LogP contribution in [0, 0.1) is 13.8 Å². The highest BCUT2D eigenvalue weighted by Gasteiger charge is 2.14. The van der Waals surface area contributed by atoms with Gasteiger partial charge in [0.15, 0.2) is 0 Å². The molecule has 1 heterocycles. The fourth-order valence-corrected chi connectivity index (χ4v) is 2.88. The molecule has 0 aliphatic rings. The highest BCUT2D eigenvalue weighted by Crippen LogP contribution is 2.24. The van der Waals surface area contributed by atoms with Gasteiger partial charge in [-0.05, 0) is 56.7 Å². The third-order valence-electron chi connectivity index (χ3n) is 4.32. The highest BCUT2D eigenvalue weighted by molar-refractivity contribution is 6.08. The first-order valence-corrected chi connectivity index (χ1v) is 9.35. The van der Waals surface area contributed by atoms with E-state index >= 15 is 0 Å². The number of para-hydroxylation sites is 2. The number of amides is 2. The van der Waals surface area contributed by atoms with Crippen LogP contribution >= 0.6 is 0 Å². The molecule has 0 saturated heterocycles. The quantitative estimate of drug-likeness (QED) is 0.646. The number of nitrogens with zero attached hydrogens (tertiary/aromatic N) is 1. The molecular formula is C23H23N3O3. The molecule has 3 rings (SSSR count). The van der Waals surface area contributed by atoms with Gasteiger partial charge in [0.05, 0.1) is 12.3 Å². The Labute approximate surface area is 169 Å². The lowest BCUT2D eigenvalue weighted by Gasteiger charge is -2.12. The van der Waals surface area contributed by atoms with Crippen LogP contribution in [0.15, 0.2) is 60.8 Å². The molecule has 0 radical (unpaired) electrons. The van der Waals surface area contributed by atoms with Crippen LogP contribution in [0.25, 0.3) is 0 Å². The van der Waals surface area contributed by atoms with Crippen molar-refractivity contribution in [3.8, 4) is 5.75 Å². The largest absolute Gasteiger partial charge is 0.492 e. The number of aryl methyl sites for hydroxylation is 2. The Morgan fingerprint density at radius 1 is 0.931 bits per heavy atom.